The number of aliphatic hydroxyl groups excluding tert-OH is 1. The second-order valence-electron chi connectivity index (χ2n) is 12.5. The van der Waals surface area contributed by atoms with Gasteiger partial charge in [-0.05, 0) is 51.6 Å². The molecule has 0 radical (unpaired) electrons. The van der Waals surface area contributed by atoms with Crippen molar-refractivity contribution in [2.45, 2.75) is 109 Å². The molecule has 3 N–H and O–H groups in total. The quantitative estimate of drug-likeness (QED) is 0.233. The number of carbonyl (C=O) groups is 2. The van der Waals surface area contributed by atoms with E-state index in [1.165, 1.54) is 0 Å². The molecule has 1 amide bonds. The van der Waals surface area contributed by atoms with Gasteiger partial charge in [0.25, 0.3) is 0 Å². The molecule has 0 aromatic heterocycles. The summed E-state index contributed by atoms with van der Waals surface area (Å²) in [5, 5.41) is 22.7. The van der Waals surface area contributed by atoms with Crippen LogP contribution in [0.4, 0.5) is 4.79 Å². The number of carboxylic acid groups (broad SMARTS) is 1. The van der Waals surface area contributed by atoms with E-state index in [0.717, 1.165) is 31.5 Å². The van der Waals surface area contributed by atoms with Crippen LogP contribution in [0.1, 0.15) is 67.2 Å². The number of carbonyl (C=O) groups excluding carboxylic acids is 1. The minimum atomic E-state index is -0.934. The first-order valence-electron chi connectivity index (χ1n) is 15.1. The smallest absolute Gasteiger partial charge is 0.410 e. The molecule has 3 aliphatic rings. The number of rotatable bonds is 12. The average molecular weight is 581 g/mol. The van der Waals surface area contributed by atoms with Crippen LogP contribution >= 0.6 is 0 Å². The Bertz CT molecular complexity index is 931. The van der Waals surface area contributed by atoms with Crippen molar-refractivity contribution in [1.29, 1.82) is 0 Å². The third-order valence-corrected chi connectivity index (χ3v) is 8.81. The Balaban J connectivity index is 1.61. The molecule has 0 aromatic rings. The molecule has 4 unspecified atom stereocenters. The molecular weight excluding hydrogens is 528 g/mol. The van der Waals surface area contributed by atoms with Crippen LogP contribution < -0.4 is 5.32 Å². The number of aliphatic carboxylic acids is 1. The van der Waals surface area contributed by atoms with Gasteiger partial charge < -0.3 is 39.4 Å². The van der Waals surface area contributed by atoms with Gasteiger partial charge in [0.2, 0.25) is 0 Å². The molecule has 3 heterocycles. The van der Waals surface area contributed by atoms with Gasteiger partial charge in [-0.1, -0.05) is 39.0 Å². The van der Waals surface area contributed by atoms with Crippen molar-refractivity contribution < 1.29 is 38.7 Å². The summed E-state index contributed by atoms with van der Waals surface area (Å²) in [7, 11) is 1.62. The molecule has 10 nitrogen and oxygen atoms in total. The van der Waals surface area contributed by atoms with Crippen LogP contribution in [0.5, 0.6) is 0 Å². The molecule has 3 aliphatic heterocycles. The number of carboxylic acids is 1. The number of hydrogen-bond acceptors (Lipinski definition) is 8. The Labute approximate surface area is 245 Å². The van der Waals surface area contributed by atoms with Crippen LogP contribution in [0.25, 0.3) is 0 Å². The van der Waals surface area contributed by atoms with E-state index in [0.29, 0.717) is 19.5 Å². The van der Waals surface area contributed by atoms with E-state index >= 15 is 0 Å². The van der Waals surface area contributed by atoms with Gasteiger partial charge in [-0.15, -0.1) is 0 Å². The van der Waals surface area contributed by atoms with E-state index in [4.69, 9.17) is 18.9 Å². The van der Waals surface area contributed by atoms with E-state index in [9.17, 15) is 19.8 Å². The third-order valence-electron chi connectivity index (χ3n) is 8.81. The van der Waals surface area contributed by atoms with Crippen LogP contribution in [0.2, 0.25) is 0 Å². The fraction of sp³-hybridized carbons (Fsp3) is 0.806. The number of aliphatic hydroxyl groups is 1. The van der Waals surface area contributed by atoms with Gasteiger partial charge in [0.1, 0.15) is 6.10 Å². The van der Waals surface area contributed by atoms with E-state index in [1.54, 1.807) is 18.9 Å². The highest BCUT2D eigenvalue weighted by atomic mass is 16.6. The van der Waals surface area contributed by atoms with Crippen LogP contribution in [0, 0.1) is 17.8 Å². The molecule has 10 atom stereocenters. The van der Waals surface area contributed by atoms with E-state index in [2.05, 4.69) is 32.2 Å². The highest BCUT2D eigenvalue weighted by Crippen LogP contribution is 2.47. The number of methoxy groups -OCH3 is 1. The van der Waals surface area contributed by atoms with Crippen molar-refractivity contribution >= 4 is 12.1 Å². The maximum Gasteiger partial charge on any atom is 0.410 e. The number of amides is 1. The molecule has 234 valence electrons. The molecule has 3 saturated heterocycles. The molecule has 0 aromatic carbocycles. The summed E-state index contributed by atoms with van der Waals surface area (Å²) < 4.78 is 23.8. The lowest BCUT2D eigenvalue weighted by Gasteiger charge is -2.40. The summed E-state index contributed by atoms with van der Waals surface area (Å²) >= 11 is 0. The van der Waals surface area contributed by atoms with Gasteiger partial charge in [-0.25, -0.2) is 4.79 Å². The number of ether oxygens (including phenoxy) is 4. The Morgan fingerprint density at radius 3 is 2.61 bits per heavy atom. The zero-order chi connectivity index (χ0) is 30.3. The third kappa shape index (κ3) is 9.25. The minimum Gasteiger partial charge on any atom is -0.481 e. The molecule has 0 saturated carbocycles. The highest BCUT2D eigenvalue weighted by molar-refractivity contribution is 5.68. The number of nitrogens with zero attached hydrogens (tertiary/aromatic N) is 1. The predicted octanol–water partition coefficient (Wildman–Crippen LogP) is 3.77. The summed E-state index contributed by atoms with van der Waals surface area (Å²) in [5.41, 5.74) is 0.690. The molecule has 41 heavy (non-hydrogen) atoms. The summed E-state index contributed by atoms with van der Waals surface area (Å²) in [4.78, 5) is 26.2. The Kier molecular flexibility index (Phi) is 12.2. The van der Waals surface area contributed by atoms with Crippen molar-refractivity contribution in [3.8, 4) is 0 Å². The molecule has 3 rings (SSSR count). The number of hydrogen-bond donors (Lipinski definition) is 3. The lowest BCUT2D eigenvalue weighted by molar-refractivity contribution is -0.151. The maximum atomic E-state index is 13.0. The van der Waals surface area contributed by atoms with Crippen molar-refractivity contribution in [2.75, 3.05) is 33.3 Å². The summed E-state index contributed by atoms with van der Waals surface area (Å²) in [6, 6.07) is 0. The molecule has 10 heteroatoms. The first kappa shape index (κ1) is 33.5. The SMILES string of the molecule is COC(C(C)O)C(C)[C@H]1O[C@]1(C)CC(C)/C=C/C=C(\C)[C@H]1O[C@@H](CC(=O)O)C[C@@H](OC(=O)N2CCCNCC2)[C@@H]1C. The average Bonchev–Trinajstić information content (AvgIpc) is 3.63. The van der Waals surface area contributed by atoms with Gasteiger partial charge >= 0.3 is 12.1 Å². The monoisotopic (exact) mass is 580 g/mol. The van der Waals surface area contributed by atoms with Crippen molar-refractivity contribution in [3.05, 3.63) is 23.8 Å². The topological polar surface area (TPSA) is 130 Å². The van der Waals surface area contributed by atoms with Crippen molar-refractivity contribution in [2.24, 2.45) is 17.8 Å². The number of nitrogens with one attached hydrogen (secondary N) is 1. The fourth-order valence-electron chi connectivity index (χ4n) is 6.60. The normalized spacial score (nSPS) is 34.0. The minimum absolute atomic E-state index is 0.0306. The first-order chi connectivity index (χ1) is 19.4. The second kappa shape index (κ2) is 15.0. The highest BCUT2D eigenvalue weighted by Gasteiger charge is 2.56. The number of epoxide rings is 1. The Morgan fingerprint density at radius 2 is 1.95 bits per heavy atom. The van der Waals surface area contributed by atoms with Gasteiger partial charge in [0.05, 0.1) is 42.5 Å². The Morgan fingerprint density at radius 1 is 1.22 bits per heavy atom. The van der Waals surface area contributed by atoms with Crippen molar-refractivity contribution in [1.82, 2.24) is 10.2 Å². The maximum absolute atomic E-state index is 13.0. The van der Waals surface area contributed by atoms with Crippen LogP contribution in [-0.4, -0.2) is 103 Å². The van der Waals surface area contributed by atoms with Crippen LogP contribution in [0.15, 0.2) is 23.8 Å². The molecule has 0 aliphatic carbocycles. The van der Waals surface area contributed by atoms with Crippen LogP contribution in [-0.2, 0) is 23.7 Å². The summed E-state index contributed by atoms with van der Waals surface area (Å²) in [6.07, 6.45) is 5.60. The molecule has 0 bridgehead atoms. The number of allylic oxidation sites excluding steroid dienone is 3. The van der Waals surface area contributed by atoms with Gasteiger partial charge in [0.15, 0.2) is 0 Å². The molecular formula is C31H52N2O8. The van der Waals surface area contributed by atoms with E-state index in [-0.39, 0.29) is 54.2 Å². The zero-order valence-electron chi connectivity index (χ0n) is 25.9. The Hall–Kier alpha value is -1.98. The molecule has 3 fully saturated rings. The van der Waals surface area contributed by atoms with E-state index in [1.807, 2.05) is 26.0 Å². The van der Waals surface area contributed by atoms with Gasteiger partial charge in [-0.3, -0.25) is 4.79 Å². The predicted molar refractivity (Wildman–Crippen MR) is 156 cm³/mol. The lowest BCUT2D eigenvalue weighted by atomic mass is 9.85. The first-order valence-corrected chi connectivity index (χ1v) is 15.1. The summed E-state index contributed by atoms with van der Waals surface area (Å²) in [6.45, 7) is 14.9. The molecule has 0 spiro atoms. The lowest BCUT2D eigenvalue weighted by Crippen LogP contribution is -2.48. The summed E-state index contributed by atoms with van der Waals surface area (Å²) in [5.74, 6) is -0.740. The second-order valence-corrected chi connectivity index (χ2v) is 12.5. The fourth-order valence-corrected chi connectivity index (χ4v) is 6.60. The van der Waals surface area contributed by atoms with E-state index < -0.39 is 24.3 Å². The van der Waals surface area contributed by atoms with Crippen LogP contribution in [0.3, 0.4) is 0 Å². The standard InChI is InChI=1S/C31H52N2O8/c1-19(18-31(6)29(41-31)22(4)28(38-7)23(5)34)10-8-11-20(2)27-21(3)25(16-24(39-27)17-26(35)36)40-30(37)33-14-9-12-32-13-15-33/h8,10-11,19,21-25,27-29,32,34H,9,12-18H2,1-7H3,(H,35,36)/b10-8+,20-11+/t19?,21-,22?,23?,24+,25+,27+,28?,29+,31+/m0/s1. The zero-order valence-corrected chi connectivity index (χ0v) is 25.9. The van der Waals surface area contributed by atoms with Gasteiger partial charge in [0, 0.05) is 45.0 Å². The van der Waals surface area contributed by atoms with Gasteiger partial charge in [-0.2, -0.15) is 0 Å². The largest absolute Gasteiger partial charge is 0.481 e. The van der Waals surface area contributed by atoms with Crippen molar-refractivity contribution in [3.63, 3.8) is 0 Å².